The van der Waals surface area contributed by atoms with Crippen molar-refractivity contribution in [3.8, 4) is 0 Å². The fraction of sp³-hybridized carbons (Fsp3) is 0.571. The minimum Gasteiger partial charge on any atom is -0.313 e. The molecule has 2 nitrogen and oxygen atoms in total. The predicted octanol–water partition coefficient (Wildman–Crippen LogP) is 3.58. The van der Waals surface area contributed by atoms with Gasteiger partial charge in [-0.1, -0.05) is 42.8 Å². The Bertz CT molecular complexity index is 395. The Labute approximate surface area is 121 Å². The Morgan fingerprint density at radius 2 is 2.11 bits per heavy atom. The average molecular weight is 332 g/mol. The van der Waals surface area contributed by atoms with E-state index in [9.17, 15) is 4.21 Å². The molecule has 0 amide bonds. The lowest BCUT2D eigenvalue weighted by Gasteiger charge is -2.21. The fourth-order valence-electron chi connectivity index (χ4n) is 1.68. The molecule has 1 aromatic rings. The molecule has 0 fully saturated rings. The van der Waals surface area contributed by atoms with Gasteiger partial charge in [-0.3, -0.25) is 4.21 Å². The van der Waals surface area contributed by atoms with E-state index in [1.807, 2.05) is 24.3 Å². The van der Waals surface area contributed by atoms with Crippen LogP contribution in [0.2, 0.25) is 0 Å². The van der Waals surface area contributed by atoms with Gasteiger partial charge >= 0.3 is 0 Å². The highest BCUT2D eigenvalue weighted by molar-refractivity contribution is 9.10. The van der Waals surface area contributed by atoms with E-state index < -0.39 is 10.8 Å². The number of benzene rings is 1. The maximum absolute atomic E-state index is 12.3. The molecule has 0 radical (unpaired) electrons. The second kappa shape index (κ2) is 8.08. The minimum absolute atomic E-state index is 0.310. The molecule has 4 heteroatoms. The first-order valence-corrected chi connectivity index (χ1v) is 8.53. The maximum atomic E-state index is 12.3. The van der Waals surface area contributed by atoms with Crippen LogP contribution in [-0.2, 0) is 10.8 Å². The van der Waals surface area contributed by atoms with Crippen LogP contribution >= 0.6 is 15.9 Å². The summed E-state index contributed by atoms with van der Waals surface area (Å²) in [6.07, 6.45) is 1.10. The van der Waals surface area contributed by atoms with Crippen molar-refractivity contribution >= 4 is 26.7 Å². The standard InChI is InChI=1S/C14H22BrNOS/c1-4-8-16-14(11(2)3)10-18(17)13-7-5-6-12(15)9-13/h5-7,9,11,14,16H,4,8,10H2,1-3H3. The van der Waals surface area contributed by atoms with E-state index in [4.69, 9.17) is 0 Å². The Morgan fingerprint density at radius 1 is 1.39 bits per heavy atom. The molecule has 0 aliphatic carbocycles. The fourth-order valence-corrected chi connectivity index (χ4v) is 3.75. The van der Waals surface area contributed by atoms with Crippen LogP contribution in [0.3, 0.4) is 0 Å². The van der Waals surface area contributed by atoms with Gasteiger partial charge in [0.15, 0.2) is 0 Å². The van der Waals surface area contributed by atoms with Crippen LogP contribution in [0, 0.1) is 5.92 Å². The largest absolute Gasteiger partial charge is 0.313 e. The highest BCUT2D eigenvalue weighted by Gasteiger charge is 2.16. The van der Waals surface area contributed by atoms with E-state index in [-0.39, 0.29) is 0 Å². The molecule has 1 aromatic carbocycles. The van der Waals surface area contributed by atoms with Gasteiger partial charge in [0.1, 0.15) is 0 Å². The van der Waals surface area contributed by atoms with Crippen LogP contribution in [0.4, 0.5) is 0 Å². The van der Waals surface area contributed by atoms with Gasteiger partial charge in [0.05, 0.1) is 10.8 Å². The van der Waals surface area contributed by atoms with Crippen molar-refractivity contribution < 1.29 is 4.21 Å². The number of rotatable bonds is 7. The lowest BCUT2D eigenvalue weighted by molar-refractivity contribution is 0.431. The summed E-state index contributed by atoms with van der Waals surface area (Å²) in [4.78, 5) is 0.897. The lowest BCUT2D eigenvalue weighted by Crippen LogP contribution is -2.38. The summed E-state index contributed by atoms with van der Waals surface area (Å²) in [6, 6.07) is 8.06. The van der Waals surface area contributed by atoms with E-state index in [0.717, 1.165) is 22.3 Å². The molecule has 0 aliphatic heterocycles. The molecule has 2 unspecified atom stereocenters. The number of hydrogen-bond acceptors (Lipinski definition) is 2. The summed E-state index contributed by atoms with van der Waals surface area (Å²) in [7, 11) is -0.940. The summed E-state index contributed by atoms with van der Waals surface area (Å²) in [5, 5.41) is 3.48. The first-order valence-electron chi connectivity index (χ1n) is 6.42. The van der Waals surface area contributed by atoms with E-state index in [2.05, 4.69) is 42.0 Å². The monoisotopic (exact) mass is 331 g/mol. The van der Waals surface area contributed by atoms with Gasteiger partial charge in [0.25, 0.3) is 0 Å². The van der Waals surface area contributed by atoms with E-state index in [1.165, 1.54) is 0 Å². The summed E-state index contributed by atoms with van der Waals surface area (Å²) in [5.74, 6) is 1.17. The smallest absolute Gasteiger partial charge is 0.0545 e. The van der Waals surface area contributed by atoms with Crippen molar-refractivity contribution in [1.29, 1.82) is 0 Å². The predicted molar refractivity (Wildman–Crippen MR) is 82.3 cm³/mol. The topological polar surface area (TPSA) is 29.1 Å². The maximum Gasteiger partial charge on any atom is 0.0545 e. The Morgan fingerprint density at radius 3 is 2.67 bits per heavy atom. The third-order valence-electron chi connectivity index (χ3n) is 2.85. The highest BCUT2D eigenvalue weighted by Crippen LogP contribution is 2.16. The quantitative estimate of drug-likeness (QED) is 0.827. The van der Waals surface area contributed by atoms with Gasteiger partial charge in [0, 0.05) is 21.2 Å². The highest BCUT2D eigenvalue weighted by atomic mass is 79.9. The van der Waals surface area contributed by atoms with Crippen molar-refractivity contribution in [2.45, 2.75) is 38.1 Å². The third-order valence-corrected chi connectivity index (χ3v) is 4.79. The number of hydrogen-bond donors (Lipinski definition) is 1. The summed E-state index contributed by atoms with van der Waals surface area (Å²) < 4.78 is 13.3. The first-order chi connectivity index (χ1) is 8.54. The van der Waals surface area contributed by atoms with Crippen LogP contribution < -0.4 is 5.32 Å². The van der Waals surface area contributed by atoms with Gasteiger partial charge in [0.2, 0.25) is 0 Å². The molecule has 0 saturated carbocycles. The average Bonchev–Trinajstić information content (AvgIpc) is 2.33. The van der Waals surface area contributed by atoms with Crippen LogP contribution in [0.25, 0.3) is 0 Å². The van der Waals surface area contributed by atoms with Crippen LogP contribution in [-0.4, -0.2) is 22.5 Å². The van der Waals surface area contributed by atoms with Crippen molar-refractivity contribution in [3.05, 3.63) is 28.7 Å². The van der Waals surface area contributed by atoms with E-state index in [1.54, 1.807) is 0 Å². The molecule has 0 heterocycles. The van der Waals surface area contributed by atoms with Crippen LogP contribution in [0.5, 0.6) is 0 Å². The van der Waals surface area contributed by atoms with Crippen molar-refractivity contribution in [2.24, 2.45) is 5.92 Å². The van der Waals surface area contributed by atoms with Crippen LogP contribution in [0.1, 0.15) is 27.2 Å². The zero-order valence-electron chi connectivity index (χ0n) is 11.3. The Hall–Kier alpha value is -0.190. The molecule has 2 atom stereocenters. The van der Waals surface area contributed by atoms with Crippen LogP contribution in [0.15, 0.2) is 33.6 Å². The third kappa shape index (κ3) is 5.21. The molecule has 1 rings (SSSR count). The van der Waals surface area contributed by atoms with Crippen molar-refractivity contribution in [2.75, 3.05) is 12.3 Å². The molecule has 0 aromatic heterocycles. The SMILES string of the molecule is CCCNC(CS(=O)c1cccc(Br)c1)C(C)C. The molecule has 0 saturated heterocycles. The second-order valence-corrected chi connectivity index (χ2v) is 7.19. The molecular weight excluding hydrogens is 310 g/mol. The molecular formula is C14H22BrNOS. The molecule has 18 heavy (non-hydrogen) atoms. The normalized spacial score (nSPS) is 14.7. The second-order valence-electron chi connectivity index (χ2n) is 4.77. The lowest BCUT2D eigenvalue weighted by atomic mass is 10.1. The molecule has 0 spiro atoms. The summed E-state index contributed by atoms with van der Waals surface area (Å²) in [6.45, 7) is 7.48. The molecule has 0 bridgehead atoms. The minimum atomic E-state index is -0.940. The zero-order valence-corrected chi connectivity index (χ0v) is 13.7. The molecule has 1 N–H and O–H groups in total. The van der Waals surface area contributed by atoms with Gasteiger partial charge in [-0.25, -0.2) is 0 Å². The van der Waals surface area contributed by atoms with Gasteiger partial charge in [-0.2, -0.15) is 0 Å². The first kappa shape index (κ1) is 15.9. The number of halogens is 1. The van der Waals surface area contributed by atoms with Crippen molar-refractivity contribution in [3.63, 3.8) is 0 Å². The van der Waals surface area contributed by atoms with Crippen molar-refractivity contribution in [1.82, 2.24) is 5.32 Å². The van der Waals surface area contributed by atoms with E-state index >= 15 is 0 Å². The van der Waals surface area contributed by atoms with E-state index in [0.29, 0.717) is 17.7 Å². The Kier molecular flexibility index (Phi) is 7.12. The Balaban J connectivity index is 2.66. The summed E-state index contributed by atoms with van der Waals surface area (Å²) in [5.41, 5.74) is 0. The molecule has 0 aliphatic rings. The number of nitrogens with one attached hydrogen (secondary N) is 1. The summed E-state index contributed by atoms with van der Waals surface area (Å²) >= 11 is 3.42. The van der Waals surface area contributed by atoms with Gasteiger partial charge in [-0.15, -0.1) is 0 Å². The van der Waals surface area contributed by atoms with Gasteiger partial charge in [-0.05, 0) is 37.1 Å². The van der Waals surface area contributed by atoms with Gasteiger partial charge < -0.3 is 5.32 Å². The zero-order chi connectivity index (χ0) is 13.5. The molecule has 102 valence electrons.